The third kappa shape index (κ3) is 8.66. The first-order valence-electron chi connectivity index (χ1n) is 6.35. The zero-order valence-corrected chi connectivity index (χ0v) is 13.9. The van der Waals surface area contributed by atoms with E-state index in [0.29, 0.717) is 26.4 Å². The summed E-state index contributed by atoms with van der Waals surface area (Å²) in [5.41, 5.74) is 1.26. The number of benzene rings is 1. The Morgan fingerprint density at radius 1 is 1.25 bits per heavy atom. The van der Waals surface area contributed by atoms with E-state index >= 15 is 0 Å². The molecule has 1 heterocycles. The van der Waals surface area contributed by atoms with Gasteiger partial charge >= 0.3 is 0 Å². The van der Waals surface area contributed by atoms with Gasteiger partial charge < -0.3 is 13.7 Å². The molecule has 1 saturated heterocycles. The average molecular weight is 316 g/mol. The van der Waals surface area contributed by atoms with E-state index in [4.69, 9.17) is 13.7 Å². The summed E-state index contributed by atoms with van der Waals surface area (Å²) in [5, 5.41) is 0. The lowest BCUT2D eigenvalue weighted by molar-refractivity contribution is -0.0994. The molecule has 2 rings (SSSR count). The molecule has 5 heteroatoms. The molecule has 0 aliphatic carbocycles. The predicted octanol–water partition coefficient (Wildman–Crippen LogP) is 3.78. The van der Waals surface area contributed by atoms with Crippen molar-refractivity contribution in [3.63, 3.8) is 0 Å². The second kappa shape index (κ2) is 13.5. The zero-order chi connectivity index (χ0) is 15.2. The van der Waals surface area contributed by atoms with Crippen LogP contribution in [0.1, 0.15) is 5.56 Å². The van der Waals surface area contributed by atoms with E-state index in [0.717, 1.165) is 4.90 Å². The monoisotopic (exact) mass is 316 g/mol. The maximum absolute atomic E-state index is 5.51. The van der Waals surface area contributed by atoms with Crippen molar-refractivity contribution in [3.05, 3.63) is 43.0 Å². The molecule has 1 aromatic carbocycles. The van der Waals surface area contributed by atoms with Gasteiger partial charge in [-0.15, -0.1) is 13.2 Å². The summed E-state index contributed by atoms with van der Waals surface area (Å²) in [6, 6.07) is 8.26. The smallest absolute Gasteiger partial charge is 0.105 e. The van der Waals surface area contributed by atoms with E-state index in [1.807, 2.05) is 0 Å². The molecular formula is C15H24O3S2. The fourth-order valence-corrected chi connectivity index (χ4v) is 2.01. The van der Waals surface area contributed by atoms with Crippen LogP contribution in [-0.4, -0.2) is 38.8 Å². The van der Waals surface area contributed by atoms with Crippen LogP contribution in [0.5, 0.6) is 0 Å². The molecule has 1 atom stereocenters. The van der Waals surface area contributed by atoms with Crippen molar-refractivity contribution >= 4 is 24.7 Å². The predicted molar refractivity (Wildman–Crippen MR) is 89.7 cm³/mol. The average Bonchev–Trinajstić information content (AvgIpc) is 2.54. The van der Waals surface area contributed by atoms with Gasteiger partial charge in [-0.1, -0.05) is 17.7 Å². The summed E-state index contributed by atoms with van der Waals surface area (Å²) in [4.78, 5) is 1.11. The Bertz CT molecular complexity index is 324. The molecule has 0 saturated carbocycles. The molecule has 0 radical (unpaired) electrons. The van der Waals surface area contributed by atoms with Gasteiger partial charge in [-0.2, -0.15) is 12.6 Å². The van der Waals surface area contributed by atoms with E-state index in [1.165, 1.54) is 17.6 Å². The van der Waals surface area contributed by atoms with Gasteiger partial charge in [0, 0.05) is 16.9 Å². The van der Waals surface area contributed by atoms with Crippen LogP contribution in [0, 0.1) is 6.92 Å². The van der Waals surface area contributed by atoms with E-state index in [2.05, 4.69) is 57.0 Å². The van der Waals surface area contributed by atoms with Gasteiger partial charge in [-0.05, 0) is 25.3 Å². The maximum Gasteiger partial charge on any atom is 0.105 e. The molecule has 0 spiro atoms. The van der Waals surface area contributed by atoms with Gasteiger partial charge in [0.05, 0.1) is 26.4 Å². The van der Waals surface area contributed by atoms with E-state index in [9.17, 15) is 0 Å². The van der Waals surface area contributed by atoms with Crippen LogP contribution in [-0.2, 0) is 13.7 Å². The maximum atomic E-state index is 5.51. The first-order chi connectivity index (χ1) is 9.84. The van der Waals surface area contributed by atoms with Crippen molar-refractivity contribution in [2.75, 3.05) is 32.7 Å². The Morgan fingerprint density at radius 2 is 1.90 bits per heavy atom. The van der Waals surface area contributed by atoms with Gasteiger partial charge in [0.15, 0.2) is 0 Å². The Kier molecular flexibility index (Phi) is 13.2. The normalized spacial score (nSPS) is 17.2. The quantitative estimate of drug-likeness (QED) is 0.520. The standard InChI is InChI=1S/C12H16O3S.C2H4.CH4S/c1-10-2-4-12(5-3-10)16-15-9-11-8-13-6-7-14-11;2*1-2/h2-5,11H,6-9H2,1H3;1-2H2;2H,1H3. The minimum atomic E-state index is 0.0756. The van der Waals surface area contributed by atoms with Crippen LogP contribution in [0.3, 0.4) is 0 Å². The molecule has 0 aromatic heterocycles. The third-order valence-electron chi connectivity index (χ3n) is 2.32. The van der Waals surface area contributed by atoms with Crippen molar-refractivity contribution in [2.24, 2.45) is 0 Å². The van der Waals surface area contributed by atoms with Crippen molar-refractivity contribution in [1.29, 1.82) is 0 Å². The summed E-state index contributed by atoms with van der Waals surface area (Å²) in [5.74, 6) is 0. The largest absolute Gasteiger partial charge is 0.376 e. The van der Waals surface area contributed by atoms with E-state index in [-0.39, 0.29) is 6.10 Å². The first kappa shape index (κ1) is 19.5. The topological polar surface area (TPSA) is 27.7 Å². The van der Waals surface area contributed by atoms with Crippen molar-refractivity contribution in [1.82, 2.24) is 0 Å². The van der Waals surface area contributed by atoms with Crippen molar-refractivity contribution in [3.8, 4) is 0 Å². The molecule has 0 amide bonds. The molecule has 3 nitrogen and oxygen atoms in total. The molecule has 1 fully saturated rings. The van der Waals surface area contributed by atoms with Crippen LogP contribution in [0.15, 0.2) is 42.3 Å². The van der Waals surface area contributed by atoms with Crippen LogP contribution >= 0.6 is 24.7 Å². The molecule has 1 aromatic rings. The molecule has 114 valence electrons. The van der Waals surface area contributed by atoms with Crippen molar-refractivity contribution < 1.29 is 13.7 Å². The van der Waals surface area contributed by atoms with Crippen LogP contribution in [0.4, 0.5) is 0 Å². The number of hydrogen-bond donors (Lipinski definition) is 1. The lowest BCUT2D eigenvalue weighted by Crippen LogP contribution is -2.31. The molecule has 1 unspecified atom stereocenters. The molecule has 0 N–H and O–H groups in total. The van der Waals surface area contributed by atoms with E-state index < -0.39 is 0 Å². The molecule has 1 aliphatic heterocycles. The summed E-state index contributed by atoms with van der Waals surface area (Å²) in [6.45, 7) is 10.6. The lowest BCUT2D eigenvalue weighted by atomic mass is 10.2. The molecule has 1 aliphatic rings. The lowest BCUT2D eigenvalue weighted by Gasteiger charge is -2.22. The van der Waals surface area contributed by atoms with Gasteiger partial charge in [0.1, 0.15) is 6.10 Å². The summed E-state index contributed by atoms with van der Waals surface area (Å²) in [6.07, 6.45) is 1.77. The number of ether oxygens (including phenoxy) is 2. The van der Waals surface area contributed by atoms with Gasteiger partial charge in [0.2, 0.25) is 0 Å². The fourth-order valence-electron chi connectivity index (χ4n) is 1.40. The Labute approximate surface area is 132 Å². The summed E-state index contributed by atoms with van der Waals surface area (Å²) < 4.78 is 16.3. The Balaban J connectivity index is 0.000000829. The minimum Gasteiger partial charge on any atom is -0.376 e. The highest BCUT2D eigenvalue weighted by Crippen LogP contribution is 2.20. The number of hydrogen-bond acceptors (Lipinski definition) is 5. The van der Waals surface area contributed by atoms with Gasteiger partial charge in [0.25, 0.3) is 0 Å². The third-order valence-corrected chi connectivity index (χ3v) is 3.03. The highest BCUT2D eigenvalue weighted by Gasteiger charge is 2.14. The fraction of sp³-hybridized carbons (Fsp3) is 0.467. The Morgan fingerprint density at radius 3 is 2.45 bits per heavy atom. The summed E-state index contributed by atoms with van der Waals surface area (Å²) in [7, 11) is 0. The SMILES string of the molecule is C=C.CS.Cc1ccc(SOCC2COCCO2)cc1. The summed E-state index contributed by atoms with van der Waals surface area (Å²) >= 11 is 4.91. The number of rotatable bonds is 4. The highest BCUT2D eigenvalue weighted by atomic mass is 32.2. The molecular weight excluding hydrogens is 292 g/mol. The second-order valence-electron chi connectivity index (χ2n) is 3.75. The number of thiol groups is 1. The van der Waals surface area contributed by atoms with Crippen LogP contribution in [0.25, 0.3) is 0 Å². The second-order valence-corrected chi connectivity index (χ2v) is 4.62. The van der Waals surface area contributed by atoms with E-state index in [1.54, 1.807) is 6.26 Å². The molecule has 20 heavy (non-hydrogen) atoms. The number of aryl methyl sites for hydroxylation is 1. The molecule has 0 bridgehead atoms. The first-order valence-corrected chi connectivity index (χ1v) is 7.98. The minimum absolute atomic E-state index is 0.0756. The van der Waals surface area contributed by atoms with Crippen molar-refractivity contribution in [2.45, 2.75) is 17.9 Å². The van der Waals surface area contributed by atoms with Crippen LogP contribution < -0.4 is 0 Å². The van der Waals surface area contributed by atoms with Gasteiger partial charge in [-0.3, -0.25) is 0 Å². The Hall–Kier alpha value is -0.460. The highest BCUT2D eigenvalue weighted by molar-refractivity contribution is 7.94. The van der Waals surface area contributed by atoms with Crippen LogP contribution in [0.2, 0.25) is 0 Å². The van der Waals surface area contributed by atoms with Gasteiger partial charge in [-0.25, -0.2) is 0 Å². The zero-order valence-electron chi connectivity index (χ0n) is 12.2.